The fourth-order valence-electron chi connectivity index (χ4n) is 5.72. The van der Waals surface area contributed by atoms with Crippen molar-refractivity contribution in [2.75, 3.05) is 59.4 Å². The van der Waals surface area contributed by atoms with E-state index in [-0.39, 0.29) is 0 Å². The Bertz CT molecular complexity index is 453. The molecule has 3 aliphatic rings. The highest BCUT2D eigenvalue weighted by Gasteiger charge is 2.39. The van der Waals surface area contributed by atoms with Crippen LogP contribution in [0, 0.1) is 35.0 Å². The van der Waals surface area contributed by atoms with Gasteiger partial charge in [0.1, 0.15) is 0 Å². The summed E-state index contributed by atoms with van der Waals surface area (Å²) in [6.07, 6.45) is 7.13. The van der Waals surface area contributed by atoms with E-state index >= 15 is 0 Å². The van der Waals surface area contributed by atoms with E-state index in [0.29, 0.717) is 5.41 Å². The Labute approximate surface area is 176 Å². The number of piperidine rings is 2. The van der Waals surface area contributed by atoms with Crippen LogP contribution >= 0.6 is 0 Å². The molecule has 2 unspecified atom stereocenters. The van der Waals surface area contributed by atoms with Gasteiger partial charge in [0.25, 0.3) is 0 Å². The summed E-state index contributed by atoms with van der Waals surface area (Å²) < 4.78 is 0. The van der Waals surface area contributed by atoms with Gasteiger partial charge < -0.3 is 14.7 Å². The lowest BCUT2D eigenvalue weighted by Crippen LogP contribution is -2.41. The van der Waals surface area contributed by atoms with Gasteiger partial charge in [-0.15, -0.1) is 0 Å². The normalized spacial score (nSPS) is 29.1. The Morgan fingerprint density at radius 2 is 1.50 bits per heavy atom. The highest BCUT2D eigenvalue weighted by molar-refractivity contribution is 4.91. The molecule has 0 aromatic carbocycles. The van der Waals surface area contributed by atoms with Crippen molar-refractivity contribution < 1.29 is 0 Å². The van der Waals surface area contributed by atoms with Crippen molar-refractivity contribution in [3.63, 3.8) is 0 Å². The molecule has 0 amide bonds. The summed E-state index contributed by atoms with van der Waals surface area (Å²) in [5.41, 5.74) is 0.494. The van der Waals surface area contributed by atoms with Gasteiger partial charge >= 0.3 is 0 Å². The van der Waals surface area contributed by atoms with E-state index in [1.807, 2.05) is 0 Å². The lowest BCUT2D eigenvalue weighted by molar-refractivity contribution is 0.104. The molecule has 1 aliphatic carbocycles. The Kier molecular flexibility index (Phi) is 7.89. The van der Waals surface area contributed by atoms with Crippen LogP contribution < -0.4 is 0 Å². The molecule has 0 N–H and O–H groups in total. The predicted molar refractivity (Wildman–Crippen MR) is 122 cm³/mol. The average molecular weight is 392 g/mol. The molecule has 2 aliphatic heterocycles. The van der Waals surface area contributed by atoms with E-state index in [1.165, 1.54) is 84.5 Å². The minimum Gasteiger partial charge on any atom is -0.305 e. The van der Waals surface area contributed by atoms with E-state index in [9.17, 15) is 0 Å². The van der Waals surface area contributed by atoms with E-state index in [4.69, 9.17) is 0 Å². The van der Waals surface area contributed by atoms with Crippen LogP contribution in [0.15, 0.2) is 0 Å². The Hall–Kier alpha value is -0.120. The number of hydrogen-bond acceptors (Lipinski definition) is 3. The first kappa shape index (κ1) is 22.6. The van der Waals surface area contributed by atoms with Crippen molar-refractivity contribution in [2.45, 2.75) is 66.7 Å². The van der Waals surface area contributed by atoms with Gasteiger partial charge in [-0.25, -0.2) is 0 Å². The predicted octanol–water partition coefficient (Wildman–Crippen LogP) is 4.68. The lowest BCUT2D eigenvalue weighted by Gasteiger charge is -2.39. The first-order valence-electron chi connectivity index (χ1n) is 12.4. The van der Waals surface area contributed by atoms with Crippen LogP contribution in [0.1, 0.15) is 66.7 Å². The summed E-state index contributed by atoms with van der Waals surface area (Å²) in [7, 11) is 2.35. The van der Waals surface area contributed by atoms with E-state index in [0.717, 1.165) is 29.6 Å². The fraction of sp³-hybridized carbons (Fsp3) is 1.00. The first-order chi connectivity index (χ1) is 13.2. The van der Waals surface area contributed by atoms with Gasteiger partial charge in [-0.3, -0.25) is 0 Å². The van der Waals surface area contributed by atoms with Crippen LogP contribution in [0.25, 0.3) is 0 Å². The second kappa shape index (κ2) is 9.79. The number of rotatable bonds is 8. The van der Waals surface area contributed by atoms with Gasteiger partial charge in [0.2, 0.25) is 0 Å². The van der Waals surface area contributed by atoms with E-state index in [2.05, 4.69) is 56.4 Å². The van der Waals surface area contributed by atoms with Crippen molar-refractivity contribution in [1.29, 1.82) is 0 Å². The monoisotopic (exact) mass is 391 g/mol. The summed E-state index contributed by atoms with van der Waals surface area (Å²) >= 11 is 0. The smallest absolute Gasteiger partial charge is 0.0109 e. The third-order valence-electron chi connectivity index (χ3n) is 8.29. The molecule has 0 spiro atoms. The Balaban J connectivity index is 1.25. The molecule has 2 atom stereocenters. The SMILES string of the molecule is CC(C)C1CCN(CC2CC2CN(C)CCN2CCC(C(C)(C)C)CC2)CC1. The zero-order valence-corrected chi connectivity index (χ0v) is 19.9. The molecule has 164 valence electrons. The zero-order chi connectivity index (χ0) is 20.3. The van der Waals surface area contributed by atoms with Gasteiger partial charge in [0.15, 0.2) is 0 Å². The molecule has 3 rings (SSSR count). The topological polar surface area (TPSA) is 9.72 Å². The van der Waals surface area contributed by atoms with E-state index in [1.54, 1.807) is 0 Å². The van der Waals surface area contributed by atoms with E-state index < -0.39 is 0 Å². The minimum absolute atomic E-state index is 0.494. The molecule has 2 heterocycles. The Morgan fingerprint density at radius 1 is 0.893 bits per heavy atom. The van der Waals surface area contributed by atoms with Crippen LogP contribution in [0.5, 0.6) is 0 Å². The fourth-order valence-corrected chi connectivity index (χ4v) is 5.72. The number of likely N-dealkylation sites (N-methyl/N-ethyl adjacent to an activating group) is 1. The highest BCUT2D eigenvalue weighted by Crippen LogP contribution is 2.40. The maximum atomic E-state index is 2.77. The van der Waals surface area contributed by atoms with Crippen molar-refractivity contribution in [1.82, 2.24) is 14.7 Å². The highest BCUT2D eigenvalue weighted by atomic mass is 15.2. The van der Waals surface area contributed by atoms with Crippen LogP contribution in [0.2, 0.25) is 0 Å². The molecule has 1 saturated carbocycles. The van der Waals surface area contributed by atoms with Gasteiger partial charge in [-0.1, -0.05) is 34.6 Å². The zero-order valence-electron chi connectivity index (χ0n) is 19.9. The van der Waals surface area contributed by atoms with Crippen LogP contribution in [-0.2, 0) is 0 Å². The summed E-state index contributed by atoms with van der Waals surface area (Å²) in [5.74, 6) is 4.73. The average Bonchev–Trinajstić information content (AvgIpc) is 3.37. The van der Waals surface area contributed by atoms with Gasteiger partial charge in [-0.05, 0) is 100 Å². The molecule has 2 saturated heterocycles. The summed E-state index contributed by atoms with van der Waals surface area (Å²) in [4.78, 5) is 8.09. The minimum atomic E-state index is 0.494. The standard InChI is InChI=1S/C25H49N3/c1-20(2)21-7-11-28(12-8-21)19-23-17-22(23)18-26(6)15-16-27-13-9-24(10-14-27)25(3,4)5/h20-24H,7-19H2,1-6H3. The first-order valence-corrected chi connectivity index (χ1v) is 12.4. The quantitative estimate of drug-likeness (QED) is 0.595. The molecule has 3 heteroatoms. The molecule has 0 radical (unpaired) electrons. The van der Waals surface area contributed by atoms with Crippen LogP contribution in [0.3, 0.4) is 0 Å². The Morgan fingerprint density at radius 3 is 2.07 bits per heavy atom. The van der Waals surface area contributed by atoms with Crippen molar-refractivity contribution >= 4 is 0 Å². The maximum Gasteiger partial charge on any atom is 0.0109 e. The summed E-state index contributed by atoms with van der Waals surface area (Å²) in [6, 6.07) is 0. The largest absolute Gasteiger partial charge is 0.305 e. The molecule has 0 aromatic heterocycles. The molecule has 28 heavy (non-hydrogen) atoms. The lowest BCUT2D eigenvalue weighted by atomic mass is 9.75. The number of nitrogens with zero attached hydrogens (tertiary/aromatic N) is 3. The molecule has 0 bridgehead atoms. The summed E-state index contributed by atoms with van der Waals surface area (Å²) in [6.45, 7) is 22.6. The molecule has 0 aromatic rings. The van der Waals surface area contributed by atoms with Gasteiger partial charge in [0.05, 0.1) is 0 Å². The number of likely N-dealkylation sites (tertiary alicyclic amines) is 2. The second-order valence-corrected chi connectivity index (χ2v) is 11.9. The third-order valence-corrected chi connectivity index (χ3v) is 8.29. The molecule has 3 fully saturated rings. The number of hydrogen-bond donors (Lipinski definition) is 0. The van der Waals surface area contributed by atoms with Crippen molar-refractivity contribution in [3.05, 3.63) is 0 Å². The third kappa shape index (κ3) is 6.71. The van der Waals surface area contributed by atoms with Crippen LogP contribution in [-0.4, -0.2) is 74.1 Å². The maximum absolute atomic E-state index is 2.77. The molecular weight excluding hydrogens is 342 g/mol. The van der Waals surface area contributed by atoms with Gasteiger partial charge in [0, 0.05) is 26.2 Å². The second-order valence-electron chi connectivity index (χ2n) is 11.9. The molecule has 3 nitrogen and oxygen atoms in total. The summed E-state index contributed by atoms with van der Waals surface area (Å²) in [5, 5.41) is 0. The van der Waals surface area contributed by atoms with Crippen molar-refractivity contribution in [2.24, 2.45) is 35.0 Å². The van der Waals surface area contributed by atoms with Crippen LogP contribution in [0.4, 0.5) is 0 Å². The molecular formula is C25H49N3. The van der Waals surface area contributed by atoms with Crippen molar-refractivity contribution in [3.8, 4) is 0 Å². The van der Waals surface area contributed by atoms with Gasteiger partial charge in [-0.2, -0.15) is 0 Å².